The summed E-state index contributed by atoms with van der Waals surface area (Å²) >= 11 is 0. The number of rotatable bonds is 2. The van der Waals surface area contributed by atoms with Gasteiger partial charge in [-0.2, -0.15) is 0 Å². The van der Waals surface area contributed by atoms with Gasteiger partial charge < -0.3 is 5.73 Å². The Labute approximate surface area is 113 Å². The average molecular weight is 256 g/mol. The first kappa shape index (κ1) is 12.4. The highest BCUT2D eigenvalue weighted by Gasteiger charge is 2.26. The minimum atomic E-state index is 0.0427. The van der Waals surface area contributed by atoms with Crippen molar-refractivity contribution in [3.63, 3.8) is 0 Å². The van der Waals surface area contributed by atoms with E-state index in [1.165, 1.54) is 25.7 Å². The summed E-state index contributed by atoms with van der Waals surface area (Å²) in [5, 5.41) is 1.12. The van der Waals surface area contributed by atoms with Crippen molar-refractivity contribution in [1.29, 1.82) is 0 Å². The number of nitrogens with two attached hydrogens (primary N) is 1. The summed E-state index contributed by atoms with van der Waals surface area (Å²) < 4.78 is 1.72. The summed E-state index contributed by atoms with van der Waals surface area (Å²) in [5.41, 5.74) is 8.55. The van der Waals surface area contributed by atoms with Gasteiger partial charge in [-0.25, -0.2) is 0 Å². The molecule has 2 aromatic rings. The Morgan fingerprint density at radius 2 is 2.00 bits per heavy atom. The number of carbonyl (C=O) groups is 1. The predicted octanol–water partition coefficient (Wildman–Crippen LogP) is 3.49. The molecule has 3 rings (SSSR count). The van der Waals surface area contributed by atoms with E-state index < -0.39 is 0 Å². The largest absolute Gasteiger partial charge is 0.324 e. The topological polar surface area (TPSA) is 48.0 Å². The molecular formula is C16H20N2O. The molecule has 1 heterocycles. The van der Waals surface area contributed by atoms with Crippen LogP contribution in [0.5, 0.6) is 0 Å². The number of nitrogens with zero attached hydrogens (tertiary/aromatic N) is 1. The second-order valence-electron chi connectivity index (χ2n) is 5.56. The quantitative estimate of drug-likeness (QED) is 0.894. The van der Waals surface area contributed by atoms with Crippen molar-refractivity contribution in [3.05, 3.63) is 36.0 Å². The van der Waals surface area contributed by atoms with Crippen molar-refractivity contribution in [2.45, 2.75) is 38.6 Å². The molecule has 1 atom stereocenters. The van der Waals surface area contributed by atoms with E-state index in [1.807, 2.05) is 24.4 Å². The summed E-state index contributed by atoms with van der Waals surface area (Å²) in [6, 6.07) is 8.08. The third-order valence-electron chi connectivity index (χ3n) is 4.35. The zero-order valence-corrected chi connectivity index (χ0v) is 11.3. The maximum absolute atomic E-state index is 11.7. The first-order valence-electron chi connectivity index (χ1n) is 7.05. The Bertz CT molecular complexity index is 608. The van der Waals surface area contributed by atoms with Crippen LogP contribution in [0, 0.1) is 5.92 Å². The molecule has 1 aliphatic carbocycles. The molecule has 3 nitrogen and oxygen atoms in total. The average Bonchev–Trinajstić information content (AvgIpc) is 3.05. The fourth-order valence-electron chi connectivity index (χ4n) is 3.30. The summed E-state index contributed by atoms with van der Waals surface area (Å²) in [6.07, 6.45) is 6.92. The molecule has 0 amide bonds. The van der Waals surface area contributed by atoms with Gasteiger partial charge in [-0.05, 0) is 30.4 Å². The molecule has 0 aliphatic heterocycles. The molecule has 100 valence electrons. The van der Waals surface area contributed by atoms with Gasteiger partial charge in [0.15, 0.2) is 0 Å². The summed E-state index contributed by atoms with van der Waals surface area (Å²) in [4.78, 5) is 11.7. The van der Waals surface area contributed by atoms with E-state index in [-0.39, 0.29) is 11.9 Å². The van der Waals surface area contributed by atoms with Crippen LogP contribution in [0.25, 0.3) is 10.9 Å². The van der Waals surface area contributed by atoms with Gasteiger partial charge in [0, 0.05) is 24.5 Å². The Hall–Kier alpha value is -1.61. The lowest BCUT2D eigenvalue weighted by molar-refractivity contribution is 0.0941. The van der Waals surface area contributed by atoms with Crippen molar-refractivity contribution >= 4 is 16.8 Å². The second kappa shape index (κ2) is 4.82. The molecule has 0 bridgehead atoms. The molecular weight excluding hydrogens is 236 g/mol. The van der Waals surface area contributed by atoms with Crippen molar-refractivity contribution in [3.8, 4) is 0 Å². The first-order valence-corrected chi connectivity index (χ1v) is 7.05. The molecule has 19 heavy (non-hydrogen) atoms. The fraction of sp³-hybridized carbons (Fsp3) is 0.438. The molecule has 0 radical (unpaired) electrons. The van der Waals surface area contributed by atoms with E-state index in [1.54, 1.807) is 11.5 Å². The normalized spacial score (nSPS) is 18.0. The molecule has 0 saturated heterocycles. The molecule has 1 aromatic heterocycles. The number of aromatic nitrogens is 1. The monoisotopic (exact) mass is 256 g/mol. The van der Waals surface area contributed by atoms with Crippen molar-refractivity contribution in [2.24, 2.45) is 11.7 Å². The predicted molar refractivity (Wildman–Crippen MR) is 77.1 cm³/mol. The Morgan fingerprint density at radius 1 is 1.32 bits per heavy atom. The van der Waals surface area contributed by atoms with Gasteiger partial charge in [0.25, 0.3) is 0 Å². The third-order valence-corrected chi connectivity index (χ3v) is 4.35. The van der Waals surface area contributed by atoms with Gasteiger partial charge in [0.2, 0.25) is 5.91 Å². The zero-order valence-electron chi connectivity index (χ0n) is 11.3. The number of hydrogen-bond acceptors (Lipinski definition) is 2. The standard InChI is InChI=1S/C16H20N2O/c1-11(19)18-10-14(13-8-4-5-9-15(13)18)16(17)12-6-2-3-7-12/h4-5,8-10,12,16H,2-3,6-7,17H2,1H3/t16-/m0/s1. The maximum atomic E-state index is 11.7. The van der Waals surface area contributed by atoms with E-state index in [0.29, 0.717) is 5.92 Å². The molecule has 1 saturated carbocycles. The first-order chi connectivity index (χ1) is 9.18. The molecule has 3 heteroatoms. The molecule has 0 spiro atoms. The van der Waals surface area contributed by atoms with Crippen LogP contribution >= 0.6 is 0 Å². The smallest absolute Gasteiger partial charge is 0.227 e. The number of para-hydroxylation sites is 1. The van der Waals surface area contributed by atoms with Crippen LogP contribution in [0.15, 0.2) is 30.5 Å². The Morgan fingerprint density at radius 3 is 2.68 bits per heavy atom. The van der Waals surface area contributed by atoms with Gasteiger partial charge >= 0.3 is 0 Å². The van der Waals surface area contributed by atoms with Crippen LogP contribution in [0.2, 0.25) is 0 Å². The Kier molecular flexibility index (Phi) is 3.15. The number of fused-ring (bicyclic) bond motifs is 1. The number of benzene rings is 1. The Balaban J connectivity index is 2.10. The minimum absolute atomic E-state index is 0.0427. The SMILES string of the molecule is CC(=O)n1cc([C@@H](N)C2CCCC2)c2ccccc21. The van der Waals surface area contributed by atoms with Crippen molar-refractivity contribution in [1.82, 2.24) is 4.57 Å². The van der Waals surface area contributed by atoms with Crippen molar-refractivity contribution in [2.75, 3.05) is 0 Å². The van der Waals surface area contributed by atoms with Crippen molar-refractivity contribution < 1.29 is 4.79 Å². The highest BCUT2D eigenvalue weighted by atomic mass is 16.1. The van der Waals surface area contributed by atoms with E-state index in [2.05, 4.69) is 6.07 Å². The van der Waals surface area contributed by atoms with Crippen LogP contribution in [0.3, 0.4) is 0 Å². The fourth-order valence-corrected chi connectivity index (χ4v) is 3.30. The lowest BCUT2D eigenvalue weighted by Crippen LogP contribution is -2.18. The van der Waals surface area contributed by atoms with Gasteiger partial charge in [0.1, 0.15) is 0 Å². The highest BCUT2D eigenvalue weighted by molar-refractivity contribution is 5.93. The minimum Gasteiger partial charge on any atom is -0.324 e. The lowest BCUT2D eigenvalue weighted by Gasteiger charge is -2.18. The summed E-state index contributed by atoms with van der Waals surface area (Å²) in [6.45, 7) is 1.59. The van der Waals surface area contributed by atoms with E-state index in [9.17, 15) is 4.79 Å². The number of hydrogen-bond donors (Lipinski definition) is 1. The molecule has 1 aliphatic rings. The number of carbonyl (C=O) groups excluding carboxylic acids is 1. The molecule has 1 fully saturated rings. The van der Waals surface area contributed by atoms with Gasteiger partial charge in [0.05, 0.1) is 5.52 Å². The van der Waals surface area contributed by atoms with E-state index in [4.69, 9.17) is 5.73 Å². The van der Waals surface area contributed by atoms with Crippen LogP contribution in [0.1, 0.15) is 49.0 Å². The van der Waals surface area contributed by atoms with Crippen LogP contribution < -0.4 is 5.73 Å². The lowest BCUT2D eigenvalue weighted by atomic mass is 9.92. The summed E-state index contributed by atoms with van der Waals surface area (Å²) in [7, 11) is 0. The molecule has 1 aromatic carbocycles. The molecule has 2 N–H and O–H groups in total. The second-order valence-corrected chi connectivity index (χ2v) is 5.56. The van der Waals surface area contributed by atoms with Gasteiger partial charge in [-0.15, -0.1) is 0 Å². The van der Waals surface area contributed by atoms with Crippen LogP contribution in [-0.2, 0) is 0 Å². The van der Waals surface area contributed by atoms with E-state index >= 15 is 0 Å². The summed E-state index contributed by atoms with van der Waals surface area (Å²) in [5.74, 6) is 0.604. The maximum Gasteiger partial charge on any atom is 0.227 e. The van der Waals surface area contributed by atoms with Gasteiger partial charge in [-0.1, -0.05) is 31.0 Å². The zero-order chi connectivity index (χ0) is 13.4. The van der Waals surface area contributed by atoms with Crippen LogP contribution in [-0.4, -0.2) is 10.5 Å². The van der Waals surface area contributed by atoms with E-state index in [0.717, 1.165) is 16.5 Å². The molecule has 0 unspecified atom stereocenters. The van der Waals surface area contributed by atoms with Crippen LogP contribution in [0.4, 0.5) is 0 Å². The highest BCUT2D eigenvalue weighted by Crippen LogP contribution is 2.37. The third kappa shape index (κ3) is 2.08. The van der Waals surface area contributed by atoms with Gasteiger partial charge in [-0.3, -0.25) is 9.36 Å².